The van der Waals surface area contributed by atoms with Crippen LogP contribution in [-0.2, 0) is 11.3 Å². The average Bonchev–Trinajstić information content (AvgIpc) is 2.82. The van der Waals surface area contributed by atoms with E-state index >= 15 is 0 Å². The van der Waals surface area contributed by atoms with Crippen LogP contribution in [0.2, 0.25) is 0 Å². The molecule has 1 amide bonds. The van der Waals surface area contributed by atoms with E-state index in [-0.39, 0.29) is 11.9 Å². The van der Waals surface area contributed by atoms with Crippen LogP contribution in [0.25, 0.3) is 0 Å². The third-order valence-corrected chi connectivity index (χ3v) is 7.62. The van der Waals surface area contributed by atoms with Gasteiger partial charge in [0.2, 0.25) is 0 Å². The molecule has 1 aliphatic heterocycles. The number of ether oxygens (including phenoxy) is 1. The number of carbonyl (C=O) groups is 1. The number of hydrogen-bond donors (Lipinski definition) is 2. The molecule has 0 radical (unpaired) electrons. The van der Waals surface area contributed by atoms with Gasteiger partial charge in [0.25, 0.3) is 0 Å². The Morgan fingerprint density at radius 1 is 1.09 bits per heavy atom. The van der Waals surface area contributed by atoms with Gasteiger partial charge in [-0.2, -0.15) is 0 Å². The highest BCUT2D eigenvalue weighted by molar-refractivity contribution is 7.80. The summed E-state index contributed by atoms with van der Waals surface area (Å²) in [6.45, 7) is 9.38. The first-order chi connectivity index (χ1) is 16.7. The van der Waals surface area contributed by atoms with Crippen LogP contribution in [0.15, 0.2) is 24.3 Å². The monoisotopic (exact) mass is 505 g/mol. The minimum atomic E-state index is -0.533. The van der Waals surface area contributed by atoms with Crippen LogP contribution in [0.5, 0.6) is 0 Å². The van der Waals surface area contributed by atoms with E-state index in [9.17, 15) is 9.18 Å². The number of alkyl carbamates (subject to hydrolysis) is 1. The predicted molar refractivity (Wildman–Crippen MR) is 144 cm³/mol. The molecule has 3 rings (SSSR count). The topological polar surface area (TPSA) is 53.6 Å². The molecule has 196 valence electrons. The molecule has 1 heterocycles. The fourth-order valence-corrected chi connectivity index (χ4v) is 5.42. The smallest absolute Gasteiger partial charge is 0.408 e. The predicted octanol–water partition coefficient (Wildman–Crippen LogP) is 6.21. The molecular formula is C28H44FN3O2S. The Hall–Kier alpha value is -1.73. The van der Waals surface area contributed by atoms with Crippen LogP contribution >= 0.6 is 12.2 Å². The van der Waals surface area contributed by atoms with E-state index < -0.39 is 11.7 Å². The molecule has 2 N–H and O–H groups in total. The van der Waals surface area contributed by atoms with E-state index in [4.69, 9.17) is 17.0 Å². The van der Waals surface area contributed by atoms with Gasteiger partial charge in [-0.3, -0.25) is 4.90 Å². The highest BCUT2D eigenvalue weighted by Crippen LogP contribution is 2.28. The first-order valence-electron chi connectivity index (χ1n) is 13.4. The lowest BCUT2D eigenvalue weighted by Gasteiger charge is -2.33. The van der Waals surface area contributed by atoms with Crippen molar-refractivity contribution in [3.8, 4) is 0 Å². The second-order valence-corrected chi connectivity index (χ2v) is 11.8. The lowest BCUT2D eigenvalue weighted by Crippen LogP contribution is -2.49. The number of piperidine rings is 1. The SMILES string of the molecule is CC(C)(C)OC(=O)N[C@H](CCC1CCCCC1)C(=S)NCC1CCN(Cc2ccc(F)cc2)CC1. The number of rotatable bonds is 9. The Labute approximate surface area is 216 Å². The normalized spacial score (nSPS) is 19.2. The Bertz CT molecular complexity index is 797. The van der Waals surface area contributed by atoms with Gasteiger partial charge in [-0.05, 0) is 89.1 Å². The zero-order valence-corrected chi connectivity index (χ0v) is 22.6. The van der Waals surface area contributed by atoms with E-state index in [2.05, 4.69) is 15.5 Å². The number of hydrogen-bond acceptors (Lipinski definition) is 4. The van der Waals surface area contributed by atoms with Crippen molar-refractivity contribution in [2.45, 2.75) is 96.7 Å². The summed E-state index contributed by atoms with van der Waals surface area (Å²) >= 11 is 5.77. The zero-order chi connectivity index (χ0) is 25.3. The lowest BCUT2D eigenvalue weighted by molar-refractivity contribution is 0.0514. The molecule has 1 atom stereocenters. The molecular weight excluding hydrogens is 461 g/mol. The van der Waals surface area contributed by atoms with Crippen LogP contribution in [0.1, 0.15) is 84.1 Å². The fourth-order valence-electron chi connectivity index (χ4n) is 5.16. The van der Waals surface area contributed by atoms with Crippen LogP contribution in [0, 0.1) is 17.7 Å². The number of carbonyl (C=O) groups excluding carboxylic acids is 1. The minimum absolute atomic E-state index is 0.187. The number of amides is 1. The van der Waals surface area contributed by atoms with Crippen molar-refractivity contribution in [2.75, 3.05) is 19.6 Å². The molecule has 1 saturated carbocycles. The summed E-state index contributed by atoms with van der Waals surface area (Å²) in [6.07, 6.45) is 10.3. The second kappa shape index (κ2) is 13.5. The summed E-state index contributed by atoms with van der Waals surface area (Å²) in [7, 11) is 0. The van der Waals surface area contributed by atoms with Gasteiger partial charge >= 0.3 is 6.09 Å². The number of nitrogens with one attached hydrogen (secondary N) is 2. The highest BCUT2D eigenvalue weighted by atomic mass is 32.1. The van der Waals surface area contributed by atoms with Gasteiger partial charge in [0.1, 0.15) is 11.4 Å². The summed E-state index contributed by atoms with van der Waals surface area (Å²) in [5, 5.41) is 6.52. The van der Waals surface area contributed by atoms with Gasteiger partial charge < -0.3 is 15.4 Å². The molecule has 35 heavy (non-hydrogen) atoms. The quantitative estimate of drug-likeness (QED) is 0.391. The first kappa shape index (κ1) is 27.9. The number of nitrogens with zero attached hydrogens (tertiary/aromatic N) is 1. The maximum absolute atomic E-state index is 13.1. The van der Waals surface area contributed by atoms with E-state index in [1.807, 2.05) is 32.9 Å². The van der Waals surface area contributed by atoms with E-state index in [1.54, 1.807) is 0 Å². The fraction of sp³-hybridized carbons (Fsp3) is 0.714. The maximum Gasteiger partial charge on any atom is 0.408 e. The molecule has 1 saturated heterocycles. The van der Waals surface area contributed by atoms with Gasteiger partial charge in [0.15, 0.2) is 0 Å². The lowest BCUT2D eigenvalue weighted by atomic mass is 9.85. The van der Waals surface area contributed by atoms with Crippen molar-refractivity contribution in [3.05, 3.63) is 35.6 Å². The molecule has 0 unspecified atom stereocenters. The average molecular weight is 506 g/mol. The van der Waals surface area contributed by atoms with Gasteiger partial charge in [0.05, 0.1) is 11.0 Å². The largest absolute Gasteiger partial charge is 0.444 e. The molecule has 7 heteroatoms. The molecule has 5 nitrogen and oxygen atoms in total. The van der Waals surface area contributed by atoms with Crippen molar-refractivity contribution in [3.63, 3.8) is 0 Å². The van der Waals surface area contributed by atoms with Crippen molar-refractivity contribution < 1.29 is 13.9 Å². The van der Waals surface area contributed by atoms with Crippen LogP contribution in [-0.4, -0.2) is 47.3 Å². The highest BCUT2D eigenvalue weighted by Gasteiger charge is 2.25. The van der Waals surface area contributed by atoms with Gasteiger partial charge in [0, 0.05) is 13.1 Å². The molecule has 1 aliphatic carbocycles. The van der Waals surface area contributed by atoms with Gasteiger partial charge in [-0.15, -0.1) is 0 Å². The summed E-state index contributed by atoms with van der Waals surface area (Å²) < 4.78 is 18.7. The molecule has 0 bridgehead atoms. The Balaban J connectivity index is 1.44. The first-order valence-corrected chi connectivity index (χ1v) is 13.8. The third-order valence-electron chi connectivity index (χ3n) is 7.19. The maximum atomic E-state index is 13.1. The number of thiocarbonyl (C=S) groups is 1. The summed E-state index contributed by atoms with van der Waals surface area (Å²) in [6, 6.07) is 6.60. The summed E-state index contributed by atoms with van der Waals surface area (Å²) in [4.78, 5) is 15.6. The Kier molecular flexibility index (Phi) is 10.8. The van der Waals surface area contributed by atoms with Crippen molar-refractivity contribution in [1.82, 2.24) is 15.5 Å². The molecule has 0 aromatic heterocycles. The van der Waals surface area contributed by atoms with Crippen LogP contribution in [0.4, 0.5) is 9.18 Å². The standard InChI is InChI=1S/C28H44FN3O2S/c1-28(2,3)34-27(33)31-25(14-11-21-7-5-4-6-8-21)26(35)30-19-22-15-17-32(18-16-22)20-23-9-12-24(29)13-10-23/h9-10,12-13,21-22,25H,4-8,11,14-20H2,1-3H3,(H,30,35)(H,31,33)/t25-/m1/s1. The third kappa shape index (κ3) is 10.4. The van der Waals surface area contributed by atoms with Gasteiger partial charge in [-0.1, -0.05) is 56.5 Å². The van der Waals surface area contributed by atoms with E-state index in [0.717, 1.165) is 68.3 Å². The van der Waals surface area contributed by atoms with E-state index in [0.29, 0.717) is 5.92 Å². The minimum Gasteiger partial charge on any atom is -0.444 e. The molecule has 2 aliphatic rings. The van der Waals surface area contributed by atoms with Crippen molar-refractivity contribution >= 4 is 23.3 Å². The molecule has 2 fully saturated rings. The van der Waals surface area contributed by atoms with Crippen molar-refractivity contribution in [1.29, 1.82) is 0 Å². The molecule has 0 spiro atoms. The number of likely N-dealkylation sites (tertiary alicyclic amines) is 1. The number of halogens is 1. The van der Waals surface area contributed by atoms with E-state index in [1.165, 1.54) is 44.2 Å². The van der Waals surface area contributed by atoms with Gasteiger partial charge in [-0.25, -0.2) is 9.18 Å². The molecule has 1 aromatic carbocycles. The Morgan fingerprint density at radius 2 is 1.74 bits per heavy atom. The summed E-state index contributed by atoms with van der Waals surface area (Å²) in [5.74, 6) is 1.10. The Morgan fingerprint density at radius 3 is 2.37 bits per heavy atom. The van der Waals surface area contributed by atoms with Crippen molar-refractivity contribution in [2.24, 2.45) is 11.8 Å². The second-order valence-electron chi connectivity index (χ2n) is 11.4. The molecule has 1 aromatic rings. The summed E-state index contributed by atoms with van der Waals surface area (Å²) in [5.41, 5.74) is 0.618. The van der Waals surface area contributed by atoms with Crippen LogP contribution < -0.4 is 10.6 Å². The number of benzene rings is 1. The van der Waals surface area contributed by atoms with Crippen LogP contribution in [0.3, 0.4) is 0 Å². The zero-order valence-electron chi connectivity index (χ0n) is 21.8.